The van der Waals surface area contributed by atoms with Crippen molar-refractivity contribution in [2.75, 3.05) is 0 Å². The van der Waals surface area contributed by atoms with Crippen molar-refractivity contribution in [2.24, 2.45) is 5.92 Å². The molecule has 0 saturated heterocycles. The Kier molecular flexibility index (Phi) is 2.45. The molecule has 1 aromatic rings. The first-order valence-corrected chi connectivity index (χ1v) is 10.2. The molecule has 0 aromatic heterocycles. The van der Waals surface area contributed by atoms with Crippen LogP contribution in [-0.2, 0) is 0 Å². The van der Waals surface area contributed by atoms with E-state index >= 15 is 0 Å². The van der Waals surface area contributed by atoms with Crippen molar-refractivity contribution in [3.05, 3.63) is 35.4 Å². The summed E-state index contributed by atoms with van der Waals surface area (Å²) in [4.78, 5) is 0. The summed E-state index contributed by atoms with van der Waals surface area (Å²) in [5.41, 5.74) is 6.78. The molecule has 2 aliphatic rings. The van der Waals surface area contributed by atoms with Gasteiger partial charge in [0, 0.05) is 5.92 Å². The maximum absolute atomic E-state index is 3.61. The molecular weight excluding hydrogens is 220 g/mol. The second-order valence-electron chi connectivity index (χ2n) is 6.53. The Morgan fingerprint density at radius 1 is 1.06 bits per heavy atom. The van der Waals surface area contributed by atoms with Crippen LogP contribution in [0, 0.1) is 17.4 Å². The van der Waals surface area contributed by atoms with Gasteiger partial charge in [0.1, 0.15) is 8.07 Å². The fourth-order valence-electron chi connectivity index (χ4n) is 3.32. The van der Waals surface area contributed by atoms with Gasteiger partial charge in [0.25, 0.3) is 0 Å². The minimum absolute atomic E-state index is 0.640. The van der Waals surface area contributed by atoms with Gasteiger partial charge in [0.05, 0.1) is 0 Å². The van der Waals surface area contributed by atoms with Crippen molar-refractivity contribution in [1.82, 2.24) is 0 Å². The molecule has 0 radical (unpaired) electrons. The lowest BCUT2D eigenvalue weighted by Gasteiger charge is -2.20. The van der Waals surface area contributed by atoms with E-state index in [2.05, 4.69) is 55.4 Å². The zero-order valence-corrected chi connectivity index (χ0v) is 12.0. The topological polar surface area (TPSA) is 0 Å². The molecular formula is C16H20Si. The third-order valence-electron chi connectivity index (χ3n) is 4.03. The van der Waals surface area contributed by atoms with Crippen LogP contribution in [-0.4, -0.2) is 8.07 Å². The highest BCUT2D eigenvalue weighted by Crippen LogP contribution is 2.55. The number of rotatable bonds is 0. The second-order valence-corrected chi connectivity index (χ2v) is 11.3. The van der Waals surface area contributed by atoms with E-state index in [1.54, 1.807) is 11.1 Å². The third-order valence-corrected chi connectivity index (χ3v) is 4.92. The van der Waals surface area contributed by atoms with Crippen LogP contribution in [0.1, 0.15) is 35.8 Å². The lowest BCUT2D eigenvalue weighted by atomic mass is 9.84. The molecule has 3 atom stereocenters. The summed E-state index contributed by atoms with van der Waals surface area (Å²) >= 11 is 0. The van der Waals surface area contributed by atoms with E-state index in [1.807, 2.05) is 0 Å². The van der Waals surface area contributed by atoms with E-state index in [1.165, 1.54) is 12.8 Å². The van der Waals surface area contributed by atoms with Gasteiger partial charge in [0.2, 0.25) is 0 Å². The van der Waals surface area contributed by atoms with Crippen molar-refractivity contribution < 1.29 is 0 Å². The van der Waals surface area contributed by atoms with Gasteiger partial charge >= 0.3 is 0 Å². The quantitative estimate of drug-likeness (QED) is 0.472. The van der Waals surface area contributed by atoms with Crippen LogP contribution in [0.15, 0.2) is 24.3 Å². The molecule has 0 aliphatic heterocycles. The number of hydrogen-bond donors (Lipinski definition) is 0. The van der Waals surface area contributed by atoms with Gasteiger partial charge in [-0.15, -0.1) is 11.5 Å². The van der Waals surface area contributed by atoms with E-state index in [0.717, 1.165) is 11.8 Å². The average molecular weight is 240 g/mol. The largest absolute Gasteiger partial charge is 0.132 e. The summed E-state index contributed by atoms with van der Waals surface area (Å²) in [5.74, 6) is 5.79. The molecule has 1 fully saturated rings. The van der Waals surface area contributed by atoms with E-state index in [9.17, 15) is 0 Å². The molecule has 0 nitrogen and oxygen atoms in total. The second kappa shape index (κ2) is 3.75. The Labute approximate surface area is 105 Å². The Morgan fingerprint density at radius 2 is 1.76 bits per heavy atom. The summed E-state index contributed by atoms with van der Waals surface area (Å²) in [6.07, 6.45) is 2.66. The number of benzene rings is 1. The van der Waals surface area contributed by atoms with Crippen LogP contribution >= 0.6 is 0 Å². The summed E-state index contributed by atoms with van der Waals surface area (Å²) < 4.78 is 0. The van der Waals surface area contributed by atoms with Crippen molar-refractivity contribution in [2.45, 2.75) is 44.3 Å². The molecule has 3 rings (SSSR count). The molecule has 2 bridgehead atoms. The van der Waals surface area contributed by atoms with Gasteiger partial charge in [0.15, 0.2) is 0 Å². The van der Waals surface area contributed by atoms with Crippen molar-refractivity contribution in [1.29, 1.82) is 0 Å². The Hall–Kier alpha value is -1.00. The van der Waals surface area contributed by atoms with Crippen LogP contribution in [0.4, 0.5) is 0 Å². The summed E-state index contributed by atoms with van der Waals surface area (Å²) in [7, 11) is -1.20. The maximum atomic E-state index is 3.61. The monoisotopic (exact) mass is 240 g/mol. The molecule has 0 spiro atoms. The van der Waals surface area contributed by atoms with E-state index < -0.39 is 8.07 Å². The van der Waals surface area contributed by atoms with Gasteiger partial charge in [-0.3, -0.25) is 0 Å². The molecule has 0 N–H and O–H groups in total. The Balaban J connectivity index is 1.89. The lowest BCUT2D eigenvalue weighted by molar-refractivity contribution is 0.590. The highest BCUT2D eigenvalue weighted by atomic mass is 28.3. The highest BCUT2D eigenvalue weighted by molar-refractivity contribution is 6.83. The fraction of sp³-hybridized carbons (Fsp3) is 0.500. The molecule has 2 aliphatic carbocycles. The van der Waals surface area contributed by atoms with Gasteiger partial charge in [-0.05, 0) is 35.8 Å². The molecule has 1 aromatic carbocycles. The maximum Gasteiger partial charge on any atom is 0.129 e. The average Bonchev–Trinajstić information content (AvgIpc) is 2.84. The molecule has 17 heavy (non-hydrogen) atoms. The first kappa shape index (κ1) is 11.1. The van der Waals surface area contributed by atoms with Crippen molar-refractivity contribution in [3.63, 3.8) is 0 Å². The molecule has 88 valence electrons. The molecule has 3 unspecified atom stereocenters. The smallest absolute Gasteiger partial charge is 0.129 e. The normalized spacial score (nSPS) is 29.7. The van der Waals surface area contributed by atoms with Gasteiger partial charge in [-0.1, -0.05) is 43.9 Å². The molecule has 0 amide bonds. The van der Waals surface area contributed by atoms with Crippen LogP contribution < -0.4 is 0 Å². The van der Waals surface area contributed by atoms with Gasteiger partial charge in [-0.25, -0.2) is 0 Å². The highest BCUT2D eigenvalue weighted by Gasteiger charge is 2.42. The zero-order chi connectivity index (χ0) is 12.0. The summed E-state index contributed by atoms with van der Waals surface area (Å²) in [5, 5.41) is 0. The predicted octanol–water partition coefficient (Wildman–Crippen LogP) is 4.16. The van der Waals surface area contributed by atoms with Crippen LogP contribution in [0.2, 0.25) is 19.6 Å². The summed E-state index contributed by atoms with van der Waals surface area (Å²) in [6.45, 7) is 7.00. The van der Waals surface area contributed by atoms with E-state index in [0.29, 0.717) is 5.92 Å². The minimum Gasteiger partial charge on any atom is -0.132 e. The predicted molar refractivity (Wildman–Crippen MR) is 75.8 cm³/mol. The van der Waals surface area contributed by atoms with Gasteiger partial charge < -0.3 is 0 Å². The third kappa shape index (κ3) is 1.96. The summed E-state index contributed by atoms with van der Waals surface area (Å²) in [6, 6.07) is 9.01. The fourth-order valence-corrected chi connectivity index (χ4v) is 3.94. The lowest BCUT2D eigenvalue weighted by Crippen LogP contribution is -2.18. The SMILES string of the molecule is C[Si](C)(C)C#CC1CC2CC1c1ccccc12. The minimum atomic E-state index is -1.20. The number of fused-ring (bicyclic) bond motifs is 5. The first-order valence-electron chi connectivity index (χ1n) is 6.66. The zero-order valence-electron chi connectivity index (χ0n) is 11.0. The van der Waals surface area contributed by atoms with Crippen molar-refractivity contribution in [3.8, 4) is 11.5 Å². The van der Waals surface area contributed by atoms with Crippen molar-refractivity contribution >= 4 is 8.07 Å². The molecule has 1 heteroatoms. The number of hydrogen-bond acceptors (Lipinski definition) is 0. The van der Waals surface area contributed by atoms with Gasteiger partial charge in [-0.2, -0.15) is 0 Å². The standard InChI is InChI=1S/C16H20Si/c1-17(2,3)9-8-12-10-13-11-16(12)15-7-5-4-6-14(13)15/h4-7,12-13,16H,10-11H2,1-3H3. The van der Waals surface area contributed by atoms with Crippen LogP contribution in [0.3, 0.4) is 0 Å². The van der Waals surface area contributed by atoms with E-state index in [-0.39, 0.29) is 0 Å². The first-order chi connectivity index (χ1) is 8.04. The molecule has 0 heterocycles. The van der Waals surface area contributed by atoms with Crippen LogP contribution in [0.5, 0.6) is 0 Å². The molecule has 1 saturated carbocycles. The Bertz CT molecular complexity index is 498. The van der Waals surface area contributed by atoms with E-state index in [4.69, 9.17) is 0 Å². The Morgan fingerprint density at radius 3 is 2.47 bits per heavy atom. The van der Waals surface area contributed by atoms with Crippen LogP contribution in [0.25, 0.3) is 0 Å².